The number of hydrogen-bond donors (Lipinski definition) is 1. The first-order valence-electron chi connectivity index (χ1n) is 10.3. The zero-order valence-corrected chi connectivity index (χ0v) is 18.5. The van der Waals surface area contributed by atoms with E-state index in [1.165, 1.54) is 48.1 Å². The quantitative estimate of drug-likeness (QED) is 0.700. The standard InChI is InChI=1S/C21H30FN5OS/c1-15(25(2)3)20-23-24-21(27(20)18-12-10-16(22)11-13-18)29-14-19(28)26(4)17-8-6-5-7-9-17/h10-13,15,17H,5-9,14H2,1-4H3/p+1/t15-/m0/s1. The number of aromatic nitrogens is 3. The molecule has 1 heterocycles. The van der Waals surface area contributed by atoms with Crippen molar-refractivity contribution in [1.29, 1.82) is 0 Å². The van der Waals surface area contributed by atoms with Gasteiger partial charge in [-0.15, -0.1) is 10.2 Å². The number of quaternary nitrogens is 1. The molecule has 1 fully saturated rings. The summed E-state index contributed by atoms with van der Waals surface area (Å²) in [4.78, 5) is 15.9. The van der Waals surface area contributed by atoms with Crippen LogP contribution < -0.4 is 4.90 Å². The molecule has 1 atom stereocenters. The van der Waals surface area contributed by atoms with Crippen molar-refractivity contribution in [1.82, 2.24) is 19.7 Å². The highest BCUT2D eigenvalue weighted by Crippen LogP contribution is 2.26. The molecule has 0 unspecified atom stereocenters. The van der Waals surface area contributed by atoms with Gasteiger partial charge >= 0.3 is 0 Å². The molecule has 0 saturated heterocycles. The highest BCUT2D eigenvalue weighted by Gasteiger charge is 2.26. The van der Waals surface area contributed by atoms with Crippen LogP contribution in [0.2, 0.25) is 0 Å². The molecule has 0 spiro atoms. The van der Waals surface area contributed by atoms with E-state index in [0.29, 0.717) is 17.0 Å². The maximum atomic E-state index is 13.4. The van der Waals surface area contributed by atoms with Gasteiger partial charge in [0.25, 0.3) is 0 Å². The molecule has 1 N–H and O–H groups in total. The van der Waals surface area contributed by atoms with E-state index in [1.807, 2.05) is 16.5 Å². The normalized spacial score (nSPS) is 16.2. The van der Waals surface area contributed by atoms with E-state index in [-0.39, 0.29) is 17.8 Å². The summed E-state index contributed by atoms with van der Waals surface area (Å²) in [5.41, 5.74) is 0.801. The Labute approximate surface area is 176 Å². The third kappa shape index (κ3) is 5.17. The molecule has 0 aliphatic heterocycles. The van der Waals surface area contributed by atoms with Crippen molar-refractivity contribution < 1.29 is 14.1 Å². The molecular formula is C21H31FN5OS+. The summed E-state index contributed by atoms with van der Waals surface area (Å²) in [7, 11) is 6.03. The lowest BCUT2D eigenvalue weighted by molar-refractivity contribution is -0.890. The van der Waals surface area contributed by atoms with Gasteiger partial charge < -0.3 is 9.80 Å². The Bertz CT molecular complexity index is 817. The van der Waals surface area contributed by atoms with Crippen molar-refractivity contribution in [2.75, 3.05) is 26.9 Å². The molecule has 1 aromatic heterocycles. The van der Waals surface area contributed by atoms with Gasteiger partial charge in [-0.25, -0.2) is 4.39 Å². The van der Waals surface area contributed by atoms with Crippen LogP contribution >= 0.6 is 11.8 Å². The van der Waals surface area contributed by atoms with Gasteiger partial charge in [0.15, 0.2) is 11.0 Å². The summed E-state index contributed by atoms with van der Waals surface area (Å²) in [5.74, 6) is 0.943. The van der Waals surface area contributed by atoms with Crippen LogP contribution in [0.5, 0.6) is 0 Å². The van der Waals surface area contributed by atoms with Crippen LogP contribution in [0.4, 0.5) is 4.39 Å². The van der Waals surface area contributed by atoms with Crippen LogP contribution in [-0.2, 0) is 4.79 Å². The maximum Gasteiger partial charge on any atom is 0.233 e. The van der Waals surface area contributed by atoms with E-state index in [9.17, 15) is 9.18 Å². The molecule has 0 bridgehead atoms. The number of nitrogens with one attached hydrogen (secondary N) is 1. The number of carbonyl (C=O) groups excluding carboxylic acids is 1. The molecule has 1 aliphatic rings. The van der Waals surface area contributed by atoms with Crippen molar-refractivity contribution in [3.63, 3.8) is 0 Å². The van der Waals surface area contributed by atoms with Gasteiger partial charge in [-0.05, 0) is 44.0 Å². The summed E-state index contributed by atoms with van der Waals surface area (Å²) >= 11 is 1.39. The summed E-state index contributed by atoms with van der Waals surface area (Å²) in [6, 6.07) is 6.76. The summed E-state index contributed by atoms with van der Waals surface area (Å²) in [6.07, 6.45) is 5.84. The van der Waals surface area contributed by atoms with Crippen LogP contribution in [0.25, 0.3) is 5.69 Å². The van der Waals surface area contributed by atoms with Crippen molar-refractivity contribution >= 4 is 17.7 Å². The number of halogens is 1. The third-order valence-corrected chi connectivity index (χ3v) is 6.75. The number of amides is 1. The van der Waals surface area contributed by atoms with Crippen LogP contribution in [0, 0.1) is 5.82 Å². The Morgan fingerprint density at radius 1 is 1.24 bits per heavy atom. The van der Waals surface area contributed by atoms with E-state index in [2.05, 4.69) is 31.2 Å². The minimum atomic E-state index is -0.284. The number of thioether (sulfide) groups is 1. The van der Waals surface area contributed by atoms with Crippen LogP contribution in [0.3, 0.4) is 0 Å². The lowest BCUT2D eigenvalue weighted by Gasteiger charge is -2.31. The number of hydrogen-bond acceptors (Lipinski definition) is 4. The Kier molecular flexibility index (Phi) is 7.29. The van der Waals surface area contributed by atoms with Gasteiger partial charge in [-0.2, -0.15) is 0 Å². The molecule has 1 aromatic carbocycles. The summed E-state index contributed by atoms with van der Waals surface area (Å²) in [6.45, 7) is 2.08. The van der Waals surface area contributed by atoms with Crippen LogP contribution in [0.1, 0.15) is 50.9 Å². The van der Waals surface area contributed by atoms with E-state index in [4.69, 9.17) is 0 Å². The third-order valence-electron chi connectivity index (χ3n) is 5.84. The SMILES string of the molecule is C[C@@H](c1nnc(SCC(=O)N(C)C2CCCCC2)n1-c1ccc(F)cc1)[NH+](C)C. The van der Waals surface area contributed by atoms with E-state index in [0.717, 1.165) is 24.4 Å². The lowest BCUT2D eigenvalue weighted by atomic mass is 9.94. The summed E-state index contributed by atoms with van der Waals surface area (Å²) in [5, 5.41) is 9.42. The fourth-order valence-corrected chi connectivity index (χ4v) is 4.53. The van der Waals surface area contributed by atoms with Gasteiger partial charge in [-0.1, -0.05) is 31.0 Å². The predicted octanol–water partition coefficient (Wildman–Crippen LogP) is 2.50. The average molecular weight is 421 g/mol. The average Bonchev–Trinajstić information content (AvgIpc) is 3.15. The van der Waals surface area contributed by atoms with Gasteiger partial charge in [0.2, 0.25) is 5.91 Å². The zero-order chi connectivity index (χ0) is 21.0. The second-order valence-corrected chi connectivity index (χ2v) is 8.98. The van der Waals surface area contributed by atoms with Crippen molar-refractivity contribution in [3.05, 3.63) is 35.9 Å². The fourth-order valence-electron chi connectivity index (χ4n) is 3.65. The molecule has 8 heteroatoms. The number of rotatable bonds is 7. The molecule has 2 aromatic rings. The van der Waals surface area contributed by atoms with E-state index < -0.39 is 0 Å². The van der Waals surface area contributed by atoms with E-state index in [1.54, 1.807) is 12.1 Å². The van der Waals surface area contributed by atoms with Gasteiger partial charge in [0.1, 0.15) is 11.9 Å². The zero-order valence-electron chi connectivity index (χ0n) is 17.7. The van der Waals surface area contributed by atoms with E-state index >= 15 is 0 Å². The molecule has 158 valence electrons. The molecule has 3 rings (SSSR count). The second-order valence-electron chi connectivity index (χ2n) is 8.04. The van der Waals surface area contributed by atoms with Crippen molar-refractivity contribution in [3.8, 4) is 5.69 Å². The minimum Gasteiger partial charge on any atom is -0.342 e. The second kappa shape index (κ2) is 9.71. The molecule has 1 aliphatic carbocycles. The maximum absolute atomic E-state index is 13.4. The predicted molar refractivity (Wildman–Crippen MR) is 113 cm³/mol. The molecule has 29 heavy (non-hydrogen) atoms. The molecule has 1 saturated carbocycles. The van der Waals surface area contributed by atoms with Crippen LogP contribution in [0.15, 0.2) is 29.4 Å². The largest absolute Gasteiger partial charge is 0.342 e. The smallest absolute Gasteiger partial charge is 0.233 e. The molecular weight excluding hydrogens is 389 g/mol. The minimum absolute atomic E-state index is 0.0996. The fraction of sp³-hybridized carbons (Fsp3) is 0.571. The first-order valence-corrected chi connectivity index (χ1v) is 11.3. The van der Waals surface area contributed by atoms with Gasteiger partial charge in [0.05, 0.1) is 19.8 Å². The number of benzene rings is 1. The van der Waals surface area contributed by atoms with Gasteiger partial charge in [-0.3, -0.25) is 9.36 Å². The summed E-state index contributed by atoms with van der Waals surface area (Å²) < 4.78 is 15.4. The highest BCUT2D eigenvalue weighted by molar-refractivity contribution is 7.99. The van der Waals surface area contributed by atoms with Crippen molar-refractivity contribution in [2.45, 2.75) is 56.3 Å². The highest BCUT2D eigenvalue weighted by atomic mass is 32.2. The first kappa shape index (κ1) is 21.8. The number of carbonyl (C=O) groups is 1. The lowest BCUT2D eigenvalue weighted by Crippen LogP contribution is -3.05. The van der Waals surface area contributed by atoms with Gasteiger partial charge in [0, 0.05) is 18.8 Å². The first-order chi connectivity index (χ1) is 13.9. The Morgan fingerprint density at radius 3 is 2.52 bits per heavy atom. The molecule has 6 nitrogen and oxygen atoms in total. The molecule has 0 radical (unpaired) electrons. The monoisotopic (exact) mass is 420 g/mol. The van der Waals surface area contributed by atoms with Crippen molar-refractivity contribution in [2.24, 2.45) is 0 Å². The Morgan fingerprint density at radius 2 is 1.90 bits per heavy atom. The Balaban J connectivity index is 1.79. The molecule has 1 amide bonds. The topological polar surface area (TPSA) is 55.5 Å². The Hall–Kier alpha value is -1.93. The van der Waals surface area contributed by atoms with Crippen LogP contribution in [-0.4, -0.2) is 58.5 Å². The number of nitrogens with zero attached hydrogens (tertiary/aromatic N) is 4.